The van der Waals surface area contributed by atoms with Gasteiger partial charge in [0.2, 0.25) is 11.9 Å². The molecule has 0 saturated carbocycles. The van der Waals surface area contributed by atoms with Crippen LogP contribution in [0.25, 0.3) is 5.69 Å². The summed E-state index contributed by atoms with van der Waals surface area (Å²) in [6.45, 7) is 7.08. The van der Waals surface area contributed by atoms with Crippen molar-refractivity contribution in [1.82, 2.24) is 24.6 Å². The van der Waals surface area contributed by atoms with Crippen LogP contribution >= 0.6 is 11.8 Å². The third-order valence-corrected chi connectivity index (χ3v) is 7.14. The maximum atomic E-state index is 13.0. The van der Waals surface area contributed by atoms with Gasteiger partial charge in [0.1, 0.15) is 5.82 Å². The van der Waals surface area contributed by atoms with Gasteiger partial charge in [-0.3, -0.25) is 9.36 Å². The molecular weight excluding hydrogens is 434 g/mol. The number of aryl methyl sites for hydroxylation is 1. The Labute approximate surface area is 198 Å². The van der Waals surface area contributed by atoms with Gasteiger partial charge < -0.3 is 14.7 Å². The number of nitrogens with zero attached hydrogens (tertiary/aromatic N) is 7. The zero-order valence-electron chi connectivity index (χ0n) is 18.9. The highest BCUT2D eigenvalue weighted by atomic mass is 32.2. The fourth-order valence-corrected chi connectivity index (χ4v) is 5.19. The molecule has 0 spiro atoms. The zero-order valence-corrected chi connectivity index (χ0v) is 19.7. The van der Waals surface area contributed by atoms with Crippen molar-refractivity contribution in [2.75, 3.05) is 54.8 Å². The van der Waals surface area contributed by atoms with Crippen LogP contribution in [0, 0.1) is 6.92 Å². The Kier molecular flexibility index (Phi) is 6.48. The molecule has 0 aliphatic carbocycles. The van der Waals surface area contributed by atoms with Gasteiger partial charge in [0.25, 0.3) is 0 Å². The molecule has 2 fully saturated rings. The Bertz CT molecular complexity index is 1070. The molecule has 8 nitrogen and oxygen atoms in total. The number of hydrogen-bond donors (Lipinski definition) is 0. The minimum absolute atomic E-state index is 0.141. The minimum Gasteiger partial charge on any atom is -0.353 e. The van der Waals surface area contributed by atoms with Gasteiger partial charge in [0, 0.05) is 45.5 Å². The number of aromatic nitrogens is 4. The minimum atomic E-state index is 0.141. The van der Waals surface area contributed by atoms with Crippen molar-refractivity contribution in [1.29, 1.82) is 0 Å². The number of piperazine rings is 1. The fraction of sp³-hybridized carbons (Fsp3) is 0.417. The van der Waals surface area contributed by atoms with Crippen LogP contribution in [0.5, 0.6) is 0 Å². The van der Waals surface area contributed by atoms with E-state index in [4.69, 9.17) is 0 Å². The first-order chi connectivity index (χ1) is 16.2. The maximum absolute atomic E-state index is 13.0. The summed E-state index contributed by atoms with van der Waals surface area (Å²) in [5, 5.41) is 9.75. The quantitative estimate of drug-likeness (QED) is 0.521. The van der Waals surface area contributed by atoms with Crippen molar-refractivity contribution >= 4 is 29.4 Å². The van der Waals surface area contributed by atoms with E-state index in [0.29, 0.717) is 18.8 Å². The topological polar surface area (TPSA) is 70.4 Å². The number of amides is 1. The van der Waals surface area contributed by atoms with Crippen LogP contribution < -0.4 is 9.80 Å². The normalized spacial score (nSPS) is 16.5. The Balaban J connectivity index is 1.26. The molecule has 1 aromatic carbocycles. The third kappa shape index (κ3) is 4.83. The van der Waals surface area contributed by atoms with Gasteiger partial charge in [0.05, 0.1) is 11.4 Å². The largest absolute Gasteiger partial charge is 0.353 e. The van der Waals surface area contributed by atoms with Crippen LogP contribution in [-0.2, 0) is 4.79 Å². The van der Waals surface area contributed by atoms with Crippen molar-refractivity contribution in [3.8, 4) is 5.69 Å². The number of benzene rings is 1. The highest BCUT2D eigenvalue weighted by Crippen LogP contribution is 2.29. The van der Waals surface area contributed by atoms with Gasteiger partial charge in [-0.15, -0.1) is 10.2 Å². The highest BCUT2D eigenvalue weighted by molar-refractivity contribution is 7.99. The van der Waals surface area contributed by atoms with Crippen LogP contribution in [0.3, 0.4) is 0 Å². The number of rotatable bonds is 6. The zero-order chi connectivity index (χ0) is 22.6. The van der Waals surface area contributed by atoms with Crippen molar-refractivity contribution in [2.24, 2.45) is 0 Å². The molecule has 2 aromatic heterocycles. The van der Waals surface area contributed by atoms with E-state index in [0.717, 1.165) is 48.8 Å². The summed E-state index contributed by atoms with van der Waals surface area (Å²) in [6, 6.07) is 14.3. The lowest BCUT2D eigenvalue weighted by Crippen LogP contribution is -2.49. The standard InChI is InChI=1S/C24H29N7OS/c1-19-7-9-20(10-8-19)31-23(30-12-4-5-13-30)26-27-24(31)33-18-22(32)29-16-14-28(15-17-29)21-6-2-3-11-25-21/h2-3,6-11H,4-5,12-18H2,1H3. The Morgan fingerprint density at radius 1 is 0.909 bits per heavy atom. The smallest absolute Gasteiger partial charge is 0.233 e. The Morgan fingerprint density at radius 3 is 2.36 bits per heavy atom. The molecule has 0 radical (unpaired) electrons. The van der Waals surface area contributed by atoms with Gasteiger partial charge in [-0.25, -0.2) is 4.98 Å². The SMILES string of the molecule is Cc1ccc(-n2c(SCC(=O)N3CCN(c4ccccn4)CC3)nnc2N2CCCC2)cc1. The number of hydrogen-bond acceptors (Lipinski definition) is 7. The van der Waals surface area contributed by atoms with Gasteiger partial charge >= 0.3 is 0 Å². The molecule has 0 atom stereocenters. The molecule has 0 unspecified atom stereocenters. The summed E-state index contributed by atoms with van der Waals surface area (Å²) in [4.78, 5) is 23.9. The molecule has 33 heavy (non-hydrogen) atoms. The molecule has 172 valence electrons. The Morgan fingerprint density at radius 2 is 1.67 bits per heavy atom. The summed E-state index contributed by atoms with van der Waals surface area (Å²) in [5.74, 6) is 2.34. The second-order valence-corrected chi connectivity index (χ2v) is 9.43. The molecule has 4 heterocycles. The van der Waals surface area contributed by atoms with Crippen LogP contribution in [-0.4, -0.2) is 75.6 Å². The van der Waals surface area contributed by atoms with Crippen molar-refractivity contribution in [2.45, 2.75) is 24.9 Å². The van der Waals surface area contributed by atoms with Crippen LogP contribution in [0.15, 0.2) is 53.8 Å². The molecule has 3 aromatic rings. The van der Waals surface area contributed by atoms with E-state index < -0.39 is 0 Å². The van der Waals surface area contributed by atoms with Crippen molar-refractivity contribution < 1.29 is 4.79 Å². The van der Waals surface area contributed by atoms with Gasteiger partial charge in [-0.2, -0.15) is 0 Å². The molecule has 2 aliphatic rings. The van der Waals surface area contributed by atoms with Crippen molar-refractivity contribution in [3.63, 3.8) is 0 Å². The second kappa shape index (κ2) is 9.82. The molecule has 0 N–H and O–H groups in total. The fourth-order valence-electron chi connectivity index (χ4n) is 4.34. The molecule has 5 rings (SSSR count). The summed E-state index contributed by atoms with van der Waals surface area (Å²) >= 11 is 1.47. The first kappa shape index (κ1) is 21.8. The van der Waals surface area contributed by atoms with Crippen molar-refractivity contribution in [3.05, 3.63) is 54.2 Å². The summed E-state index contributed by atoms with van der Waals surface area (Å²) in [5.41, 5.74) is 2.25. The van der Waals surface area contributed by atoms with Gasteiger partial charge in [0.15, 0.2) is 5.16 Å². The molecule has 2 aliphatic heterocycles. The Hall–Kier alpha value is -3.07. The third-order valence-electron chi connectivity index (χ3n) is 6.23. The molecular formula is C24H29N7OS. The summed E-state index contributed by atoms with van der Waals surface area (Å²) in [7, 11) is 0. The summed E-state index contributed by atoms with van der Waals surface area (Å²) in [6.07, 6.45) is 4.16. The van der Waals surface area contributed by atoms with E-state index in [9.17, 15) is 4.79 Å². The van der Waals surface area contributed by atoms with Gasteiger partial charge in [-0.1, -0.05) is 35.5 Å². The van der Waals surface area contributed by atoms with E-state index in [-0.39, 0.29) is 5.91 Å². The first-order valence-electron chi connectivity index (χ1n) is 11.5. The number of pyridine rings is 1. The lowest BCUT2D eigenvalue weighted by atomic mass is 10.2. The highest BCUT2D eigenvalue weighted by Gasteiger charge is 2.25. The molecule has 1 amide bonds. The van der Waals surface area contributed by atoms with E-state index in [1.165, 1.54) is 30.2 Å². The van der Waals surface area contributed by atoms with Gasteiger partial charge in [-0.05, 0) is 44.0 Å². The first-order valence-corrected chi connectivity index (χ1v) is 12.5. The maximum Gasteiger partial charge on any atom is 0.233 e. The predicted octanol–water partition coefficient (Wildman–Crippen LogP) is 3.01. The number of thioether (sulfide) groups is 1. The summed E-state index contributed by atoms with van der Waals surface area (Å²) < 4.78 is 2.10. The van der Waals surface area contributed by atoms with E-state index in [1.54, 1.807) is 0 Å². The van der Waals surface area contributed by atoms with E-state index in [1.807, 2.05) is 29.3 Å². The average Bonchev–Trinajstić information content (AvgIpc) is 3.54. The number of carbonyl (C=O) groups is 1. The molecule has 2 saturated heterocycles. The molecule has 9 heteroatoms. The van der Waals surface area contributed by atoms with Crippen LogP contribution in [0.2, 0.25) is 0 Å². The van der Waals surface area contributed by atoms with E-state index >= 15 is 0 Å². The van der Waals surface area contributed by atoms with Crippen LogP contribution in [0.4, 0.5) is 11.8 Å². The van der Waals surface area contributed by atoms with E-state index in [2.05, 4.69) is 60.7 Å². The lowest BCUT2D eigenvalue weighted by molar-refractivity contribution is -0.128. The van der Waals surface area contributed by atoms with Crippen LogP contribution in [0.1, 0.15) is 18.4 Å². The lowest BCUT2D eigenvalue weighted by Gasteiger charge is -2.35. The second-order valence-electron chi connectivity index (χ2n) is 8.49. The average molecular weight is 464 g/mol. The number of anilines is 2. The number of carbonyl (C=O) groups excluding carboxylic acids is 1. The monoisotopic (exact) mass is 463 g/mol. The predicted molar refractivity (Wildman–Crippen MR) is 131 cm³/mol. The molecule has 0 bridgehead atoms.